The van der Waals surface area contributed by atoms with Crippen molar-refractivity contribution in [1.29, 1.82) is 0 Å². The minimum atomic E-state index is -1.40. The third-order valence-corrected chi connectivity index (χ3v) is 14.1. The Morgan fingerprint density at radius 1 is 0.800 bits per heavy atom. The fraction of sp³-hybridized carbons (Fsp3) is 0.196. The molecule has 9 rings (SSSR count). The maximum absolute atomic E-state index is 15.3. The second kappa shape index (κ2) is 20.5. The Bertz CT molecular complexity index is 2920. The number of thiazole rings is 1. The predicted octanol–water partition coefficient (Wildman–Crippen LogP) is 8.81. The van der Waals surface area contributed by atoms with Crippen LogP contribution >= 0.6 is 34.9 Å². The largest absolute Gasteiger partial charge is 0.448 e. The Balaban J connectivity index is 1.15. The van der Waals surface area contributed by atoms with E-state index < -0.39 is 46.0 Å². The molecule has 2 aromatic heterocycles. The van der Waals surface area contributed by atoms with Gasteiger partial charge in [0.15, 0.2) is 16.9 Å². The molecule has 4 heterocycles. The van der Waals surface area contributed by atoms with Crippen molar-refractivity contribution >= 4 is 69.6 Å². The summed E-state index contributed by atoms with van der Waals surface area (Å²) in [6, 6.07) is 47.1. The number of ether oxygens (including phenoxy) is 2. The quantitative estimate of drug-likeness (QED) is 0.0326. The SMILES string of the molecule is Cn1nnc(SC2=C(C(=O)OC(c3ccccc3)c3ccccc3)N3C(=O)CC3SC2NC(=O)/C(=N\OC(c2ccccc2)(c2ccccc2)c2ccccc2)c2csc(NC(=O)OC(C)(C)C)n2)n1. The number of thioether (sulfide) groups is 2. The molecule has 2 unspecified atom stereocenters. The van der Waals surface area contributed by atoms with Crippen molar-refractivity contribution in [3.63, 3.8) is 0 Å². The second-order valence-corrected chi connectivity index (χ2v) is 20.0. The van der Waals surface area contributed by atoms with Crippen molar-refractivity contribution in [2.45, 2.75) is 60.4 Å². The number of benzene rings is 5. The van der Waals surface area contributed by atoms with Gasteiger partial charge in [-0.15, -0.1) is 33.3 Å². The zero-order valence-electron chi connectivity index (χ0n) is 38.2. The van der Waals surface area contributed by atoms with Gasteiger partial charge in [-0.25, -0.2) is 14.6 Å². The molecule has 0 bridgehead atoms. The summed E-state index contributed by atoms with van der Waals surface area (Å²) in [5.74, 6) is -1.88. The number of aromatic nitrogens is 5. The van der Waals surface area contributed by atoms with Crippen LogP contribution in [0, 0.1) is 0 Å². The minimum Gasteiger partial charge on any atom is -0.448 e. The van der Waals surface area contributed by atoms with Crippen LogP contribution in [-0.4, -0.2) is 76.0 Å². The third kappa shape index (κ3) is 10.4. The fourth-order valence-corrected chi connectivity index (χ4v) is 11.0. The standard InChI is InChI=1S/C51H45N9O7S3/c1-50(2,3)66-49(64)54-47-52-37(31-68-47)40(57-67-51(34-24-14-7-15-25-34,35-26-16-8-17-27-35)36-28-18-9-19-29-36)44(62)53-45-43(70-48-55-58-59(4)56-48)41(60-38(61)30-39(60)69-45)46(63)65-42(32-20-10-5-11-21-32)33-22-12-6-13-23-33/h5-29,31,39,42,45H,30H2,1-4H3,(H,53,62)(H,52,54,64)/b57-40-. The number of hydrogen-bond donors (Lipinski definition) is 2. The predicted molar refractivity (Wildman–Crippen MR) is 266 cm³/mol. The smallest absolute Gasteiger partial charge is 0.413 e. The van der Waals surface area contributed by atoms with Gasteiger partial charge in [-0.1, -0.05) is 157 Å². The number of nitrogens with zero attached hydrogens (tertiary/aromatic N) is 7. The first kappa shape index (κ1) is 47.5. The molecule has 0 saturated carbocycles. The normalized spacial score (nSPS) is 16.0. The van der Waals surface area contributed by atoms with E-state index in [4.69, 9.17) is 19.5 Å². The van der Waals surface area contributed by atoms with Gasteiger partial charge in [0, 0.05) is 22.1 Å². The molecule has 0 radical (unpaired) electrons. The topological polar surface area (TPSA) is 192 Å². The molecule has 2 atom stereocenters. The fourth-order valence-electron chi connectivity index (χ4n) is 7.79. The number of nitrogens with one attached hydrogen (secondary N) is 2. The second-order valence-electron chi connectivity index (χ2n) is 16.9. The Morgan fingerprint density at radius 3 is 1.84 bits per heavy atom. The molecular formula is C51H45N9O7S3. The van der Waals surface area contributed by atoms with E-state index in [1.807, 2.05) is 152 Å². The summed E-state index contributed by atoms with van der Waals surface area (Å²) in [5, 5.41) is 23.3. The summed E-state index contributed by atoms with van der Waals surface area (Å²) in [4.78, 5) is 71.0. The van der Waals surface area contributed by atoms with Gasteiger partial charge in [0.25, 0.3) is 5.91 Å². The molecule has 16 nitrogen and oxygen atoms in total. The van der Waals surface area contributed by atoms with E-state index in [1.165, 1.54) is 21.5 Å². The molecule has 0 aliphatic carbocycles. The Hall–Kier alpha value is -7.61. The molecule has 19 heteroatoms. The van der Waals surface area contributed by atoms with Crippen molar-refractivity contribution in [3.05, 3.63) is 201 Å². The molecule has 0 spiro atoms. The molecule has 7 aromatic rings. The summed E-state index contributed by atoms with van der Waals surface area (Å²) < 4.78 is 11.9. The van der Waals surface area contributed by atoms with Crippen molar-refractivity contribution in [2.75, 3.05) is 5.32 Å². The van der Waals surface area contributed by atoms with Gasteiger partial charge < -0.3 is 19.6 Å². The molecule has 1 saturated heterocycles. The number of esters is 1. The van der Waals surface area contributed by atoms with E-state index in [1.54, 1.807) is 33.2 Å². The number of anilines is 1. The number of carbonyl (C=O) groups excluding carboxylic acids is 4. The molecule has 70 heavy (non-hydrogen) atoms. The number of β-lactam (4-membered cyclic amide) rings is 1. The highest BCUT2D eigenvalue weighted by molar-refractivity contribution is 8.06. The lowest BCUT2D eigenvalue weighted by atomic mass is 9.80. The number of hydrogen-bond acceptors (Lipinski definition) is 15. The Labute approximate surface area is 415 Å². The Kier molecular flexibility index (Phi) is 13.9. The van der Waals surface area contributed by atoms with Gasteiger partial charge in [-0.05, 0) is 48.9 Å². The van der Waals surface area contributed by atoms with Crippen LogP contribution in [0.2, 0.25) is 0 Å². The maximum Gasteiger partial charge on any atom is 0.413 e. The van der Waals surface area contributed by atoms with Gasteiger partial charge in [-0.2, -0.15) is 4.80 Å². The highest BCUT2D eigenvalue weighted by Gasteiger charge is 2.51. The van der Waals surface area contributed by atoms with E-state index in [2.05, 4.69) is 31.0 Å². The van der Waals surface area contributed by atoms with Gasteiger partial charge in [0.2, 0.25) is 16.7 Å². The Morgan fingerprint density at radius 2 is 1.34 bits per heavy atom. The maximum atomic E-state index is 15.3. The molecule has 2 aliphatic rings. The zero-order valence-corrected chi connectivity index (χ0v) is 40.6. The summed E-state index contributed by atoms with van der Waals surface area (Å²) in [6.45, 7) is 5.22. The lowest BCUT2D eigenvalue weighted by Crippen LogP contribution is -2.57. The first-order chi connectivity index (χ1) is 33.9. The van der Waals surface area contributed by atoms with Crippen LogP contribution in [0.1, 0.15) is 66.8 Å². The van der Waals surface area contributed by atoms with Gasteiger partial charge in [0.1, 0.15) is 22.4 Å². The minimum absolute atomic E-state index is 0.0554. The highest BCUT2D eigenvalue weighted by atomic mass is 32.2. The van der Waals surface area contributed by atoms with Crippen LogP contribution in [0.5, 0.6) is 0 Å². The average molecular weight is 992 g/mol. The zero-order chi connectivity index (χ0) is 48.8. The molecule has 354 valence electrons. The van der Waals surface area contributed by atoms with Crippen molar-refractivity contribution < 1.29 is 33.5 Å². The van der Waals surface area contributed by atoms with E-state index in [-0.39, 0.29) is 44.6 Å². The van der Waals surface area contributed by atoms with E-state index in [0.717, 1.165) is 23.1 Å². The van der Waals surface area contributed by atoms with Crippen LogP contribution < -0.4 is 10.6 Å². The van der Waals surface area contributed by atoms with Crippen LogP contribution in [0.3, 0.4) is 0 Å². The van der Waals surface area contributed by atoms with Crippen LogP contribution in [0.25, 0.3) is 0 Å². The van der Waals surface area contributed by atoms with Crippen LogP contribution in [0.4, 0.5) is 9.93 Å². The van der Waals surface area contributed by atoms with Gasteiger partial charge in [0.05, 0.1) is 23.7 Å². The number of carbonyl (C=O) groups is 4. The number of fused-ring (bicyclic) bond motifs is 1. The van der Waals surface area contributed by atoms with E-state index >= 15 is 4.79 Å². The molecule has 3 amide bonds. The lowest BCUT2D eigenvalue weighted by Gasteiger charge is -2.46. The summed E-state index contributed by atoms with van der Waals surface area (Å²) >= 11 is 3.25. The third-order valence-electron chi connectivity index (χ3n) is 10.9. The molecule has 5 aromatic carbocycles. The van der Waals surface area contributed by atoms with Crippen molar-refractivity contribution in [1.82, 2.24) is 35.4 Å². The number of tetrazole rings is 1. The molecule has 1 fully saturated rings. The first-order valence-corrected chi connectivity index (χ1v) is 24.6. The van der Waals surface area contributed by atoms with Gasteiger partial charge >= 0.3 is 12.1 Å². The number of oxime groups is 1. The van der Waals surface area contributed by atoms with E-state index in [0.29, 0.717) is 27.8 Å². The summed E-state index contributed by atoms with van der Waals surface area (Å²) in [5.41, 5.74) is 1.05. The van der Waals surface area contributed by atoms with E-state index in [9.17, 15) is 14.4 Å². The van der Waals surface area contributed by atoms with Crippen LogP contribution in [-0.2, 0) is 41.3 Å². The molecule has 2 aliphatic heterocycles. The monoisotopic (exact) mass is 991 g/mol. The van der Waals surface area contributed by atoms with Crippen molar-refractivity contribution in [2.24, 2.45) is 12.2 Å². The van der Waals surface area contributed by atoms with Crippen LogP contribution in [0.15, 0.2) is 178 Å². The highest BCUT2D eigenvalue weighted by Crippen LogP contribution is 2.49. The lowest BCUT2D eigenvalue weighted by molar-refractivity contribution is -0.151. The summed E-state index contributed by atoms with van der Waals surface area (Å²) in [6.07, 6.45) is -1.52. The number of aryl methyl sites for hydroxylation is 1. The summed E-state index contributed by atoms with van der Waals surface area (Å²) in [7, 11) is 1.59. The number of rotatable bonds is 15. The number of amides is 3. The van der Waals surface area contributed by atoms with Crippen molar-refractivity contribution in [3.8, 4) is 0 Å². The molecular weight excluding hydrogens is 947 g/mol. The molecule has 2 N–H and O–H groups in total. The van der Waals surface area contributed by atoms with Gasteiger partial charge in [-0.3, -0.25) is 19.8 Å². The average Bonchev–Trinajstić information content (AvgIpc) is 4.00. The first-order valence-electron chi connectivity index (χ1n) is 22.0.